The molecule has 2 fully saturated rings. The molecule has 1 saturated heterocycles. The van der Waals surface area contributed by atoms with Gasteiger partial charge >= 0.3 is 0 Å². The van der Waals surface area contributed by atoms with Crippen molar-refractivity contribution in [2.45, 2.75) is 25.7 Å². The maximum absolute atomic E-state index is 12.5. The molecule has 0 spiro atoms. The van der Waals surface area contributed by atoms with Gasteiger partial charge < -0.3 is 9.80 Å². The largest absolute Gasteiger partial charge is 0.341 e. The first kappa shape index (κ1) is 16.4. The molecule has 7 nitrogen and oxygen atoms in total. The summed E-state index contributed by atoms with van der Waals surface area (Å²) in [6.07, 6.45) is 2.91. The molecule has 1 aromatic rings. The van der Waals surface area contributed by atoms with Gasteiger partial charge in [-0.1, -0.05) is 12.1 Å². The molecule has 0 atom stereocenters. The summed E-state index contributed by atoms with van der Waals surface area (Å²) in [4.78, 5) is 38.6. The van der Waals surface area contributed by atoms with Crippen molar-refractivity contribution >= 4 is 17.5 Å². The molecule has 1 aromatic carbocycles. The Balaban J connectivity index is 1.58. The zero-order valence-corrected chi connectivity index (χ0v) is 13.5. The lowest BCUT2D eigenvalue weighted by Crippen LogP contribution is -2.38. The Hall–Kier alpha value is -2.44. The minimum absolute atomic E-state index is 0.00243. The SMILES string of the molecule is O=C(Cc1cccc([N+](=O)[O-])c1)N1CCCN(C(=O)C2CC2)CC1. The second-order valence-corrected chi connectivity index (χ2v) is 6.44. The van der Waals surface area contributed by atoms with Gasteiger partial charge in [-0.15, -0.1) is 0 Å². The van der Waals surface area contributed by atoms with Crippen LogP contribution in [-0.2, 0) is 16.0 Å². The summed E-state index contributed by atoms with van der Waals surface area (Å²) in [7, 11) is 0. The average Bonchev–Trinajstić information content (AvgIpc) is 3.41. The Kier molecular flexibility index (Phi) is 4.78. The topological polar surface area (TPSA) is 83.8 Å². The van der Waals surface area contributed by atoms with Gasteiger partial charge in [-0.3, -0.25) is 19.7 Å². The van der Waals surface area contributed by atoms with Gasteiger partial charge in [0, 0.05) is 44.2 Å². The second kappa shape index (κ2) is 6.98. The normalized spacial score (nSPS) is 18.2. The molecule has 2 amide bonds. The number of benzene rings is 1. The highest BCUT2D eigenvalue weighted by molar-refractivity contribution is 5.81. The molecular formula is C17H21N3O4. The minimum atomic E-state index is -0.457. The molecule has 1 saturated carbocycles. The lowest BCUT2D eigenvalue weighted by molar-refractivity contribution is -0.384. The molecule has 128 valence electrons. The van der Waals surface area contributed by atoms with E-state index < -0.39 is 4.92 Å². The van der Waals surface area contributed by atoms with Crippen molar-refractivity contribution in [2.24, 2.45) is 5.92 Å². The standard InChI is InChI=1S/C17H21N3O4/c21-16(12-13-3-1-4-15(11-13)20(23)24)18-7-2-8-19(10-9-18)17(22)14-5-6-14/h1,3-4,11,14H,2,5-10,12H2. The number of hydrogen-bond acceptors (Lipinski definition) is 4. The van der Waals surface area contributed by atoms with E-state index in [9.17, 15) is 19.7 Å². The van der Waals surface area contributed by atoms with E-state index in [2.05, 4.69) is 0 Å². The van der Waals surface area contributed by atoms with Gasteiger partial charge in [-0.2, -0.15) is 0 Å². The smallest absolute Gasteiger partial charge is 0.269 e. The van der Waals surface area contributed by atoms with E-state index >= 15 is 0 Å². The van der Waals surface area contributed by atoms with Gasteiger partial charge in [0.1, 0.15) is 0 Å². The Morgan fingerprint density at radius 3 is 2.54 bits per heavy atom. The molecule has 0 unspecified atom stereocenters. The summed E-state index contributed by atoms with van der Waals surface area (Å²) in [5.41, 5.74) is 0.640. The average molecular weight is 331 g/mol. The number of nitrogens with zero attached hydrogens (tertiary/aromatic N) is 3. The third-order valence-electron chi connectivity index (χ3n) is 4.56. The van der Waals surface area contributed by atoms with Gasteiger partial charge in [0.15, 0.2) is 0 Å². The van der Waals surface area contributed by atoms with E-state index in [1.54, 1.807) is 17.0 Å². The number of carbonyl (C=O) groups is 2. The Morgan fingerprint density at radius 1 is 1.12 bits per heavy atom. The molecule has 1 heterocycles. The van der Waals surface area contributed by atoms with Crippen molar-refractivity contribution in [1.82, 2.24) is 9.80 Å². The number of amides is 2. The van der Waals surface area contributed by atoms with Crippen LogP contribution in [0.15, 0.2) is 24.3 Å². The van der Waals surface area contributed by atoms with Crippen LogP contribution in [-0.4, -0.2) is 52.7 Å². The van der Waals surface area contributed by atoms with Crippen molar-refractivity contribution in [3.05, 3.63) is 39.9 Å². The molecule has 1 aliphatic carbocycles. The fraction of sp³-hybridized carbons (Fsp3) is 0.529. The van der Waals surface area contributed by atoms with E-state index in [0.29, 0.717) is 31.7 Å². The lowest BCUT2D eigenvalue weighted by atomic mass is 10.1. The van der Waals surface area contributed by atoms with Crippen molar-refractivity contribution in [3.63, 3.8) is 0 Å². The van der Waals surface area contributed by atoms with Crippen LogP contribution in [0.1, 0.15) is 24.8 Å². The zero-order chi connectivity index (χ0) is 17.1. The third kappa shape index (κ3) is 3.90. The molecule has 0 N–H and O–H groups in total. The quantitative estimate of drug-likeness (QED) is 0.620. The van der Waals surface area contributed by atoms with Gasteiger partial charge in [0.2, 0.25) is 11.8 Å². The van der Waals surface area contributed by atoms with Crippen LogP contribution in [0, 0.1) is 16.0 Å². The molecular weight excluding hydrogens is 310 g/mol. The second-order valence-electron chi connectivity index (χ2n) is 6.44. The van der Waals surface area contributed by atoms with Gasteiger partial charge in [0.05, 0.1) is 11.3 Å². The molecule has 0 bridgehead atoms. The van der Waals surface area contributed by atoms with Crippen molar-refractivity contribution < 1.29 is 14.5 Å². The highest BCUT2D eigenvalue weighted by Crippen LogP contribution is 2.31. The van der Waals surface area contributed by atoms with Crippen LogP contribution in [0.4, 0.5) is 5.69 Å². The van der Waals surface area contributed by atoms with Gasteiger partial charge in [0.25, 0.3) is 5.69 Å². The number of non-ortho nitro benzene ring substituents is 1. The molecule has 0 radical (unpaired) electrons. The lowest BCUT2D eigenvalue weighted by Gasteiger charge is -2.22. The van der Waals surface area contributed by atoms with Gasteiger partial charge in [-0.05, 0) is 24.8 Å². The number of hydrogen-bond donors (Lipinski definition) is 0. The number of nitro groups is 1. The molecule has 24 heavy (non-hydrogen) atoms. The Bertz CT molecular complexity index is 657. The van der Waals surface area contributed by atoms with Crippen molar-refractivity contribution in [2.75, 3.05) is 26.2 Å². The highest BCUT2D eigenvalue weighted by Gasteiger charge is 2.34. The number of rotatable bonds is 4. The maximum Gasteiger partial charge on any atom is 0.269 e. The first-order valence-corrected chi connectivity index (χ1v) is 8.34. The van der Waals surface area contributed by atoms with E-state index in [1.807, 2.05) is 4.90 Å². The van der Waals surface area contributed by atoms with E-state index in [1.165, 1.54) is 12.1 Å². The number of nitro benzene ring substituents is 1. The minimum Gasteiger partial charge on any atom is -0.341 e. The van der Waals surface area contributed by atoms with Crippen molar-refractivity contribution in [1.29, 1.82) is 0 Å². The molecule has 0 aromatic heterocycles. The van der Waals surface area contributed by atoms with E-state index in [-0.39, 0.29) is 29.8 Å². The zero-order valence-electron chi connectivity index (χ0n) is 13.5. The van der Waals surface area contributed by atoms with Crippen LogP contribution < -0.4 is 0 Å². The van der Waals surface area contributed by atoms with Crippen LogP contribution in [0.2, 0.25) is 0 Å². The number of carbonyl (C=O) groups excluding carboxylic acids is 2. The van der Waals surface area contributed by atoms with Crippen LogP contribution in [0.3, 0.4) is 0 Å². The third-order valence-corrected chi connectivity index (χ3v) is 4.56. The summed E-state index contributed by atoms with van der Waals surface area (Å²) in [6.45, 7) is 2.44. The van der Waals surface area contributed by atoms with Crippen molar-refractivity contribution in [3.8, 4) is 0 Å². The fourth-order valence-corrected chi connectivity index (χ4v) is 3.04. The predicted octanol–water partition coefficient (Wildman–Crippen LogP) is 1.61. The highest BCUT2D eigenvalue weighted by atomic mass is 16.6. The first-order chi connectivity index (χ1) is 11.5. The van der Waals surface area contributed by atoms with E-state index in [0.717, 1.165) is 19.3 Å². The van der Waals surface area contributed by atoms with Crippen LogP contribution in [0.5, 0.6) is 0 Å². The summed E-state index contributed by atoms with van der Waals surface area (Å²) in [5.74, 6) is 0.385. The summed E-state index contributed by atoms with van der Waals surface area (Å²) in [6, 6.07) is 6.19. The monoisotopic (exact) mass is 331 g/mol. The predicted molar refractivity (Wildman–Crippen MR) is 87.3 cm³/mol. The summed E-state index contributed by atoms with van der Waals surface area (Å²) < 4.78 is 0. The first-order valence-electron chi connectivity index (χ1n) is 8.34. The van der Waals surface area contributed by atoms with Crippen LogP contribution >= 0.6 is 0 Å². The maximum atomic E-state index is 12.5. The summed E-state index contributed by atoms with van der Waals surface area (Å²) in [5, 5.41) is 10.8. The molecule has 1 aliphatic heterocycles. The van der Waals surface area contributed by atoms with Crippen LogP contribution in [0.25, 0.3) is 0 Å². The fourth-order valence-electron chi connectivity index (χ4n) is 3.04. The molecule has 7 heteroatoms. The molecule has 2 aliphatic rings. The Morgan fingerprint density at radius 2 is 1.83 bits per heavy atom. The Labute approximate surface area is 140 Å². The molecule has 3 rings (SSSR count). The van der Waals surface area contributed by atoms with E-state index in [4.69, 9.17) is 0 Å². The summed E-state index contributed by atoms with van der Waals surface area (Å²) >= 11 is 0. The van der Waals surface area contributed by atoms with Gasteiger partial charge in [-0.25, -0.2) is 0 Å².